The molecule has 2 saturated heterocycles. The molecule has 0 unspecified atom stereocenters. The topological polar surface area (TPSA) is 44.8 Å². The largest absolute Gasteiger partial charge is 0.378 e. The normalized spacial score (nSPS) is 25.6. The molecule has 0 aliphatic carbocycles. The van der Waals surface area contributed by atoms with Crippen LogP contribution >= 0.6 is 0 Å². The summed E-state index contributed by atoms with van der Waals surface area (Å²) in [5.41, 5.74) is 1.25. The molecule has 120 valence electrons. The van der Waals surface area contributed by atoms with Crippen LogP contribution in [0.1, 0.15) is 12.5 Å². The average molecular weight is 303 g/mol. The predicted molar refractivity (Wildman–Crippen MR) is 85.9 cm³/mol. The molecule has 2 atom stereocenters. The molecule has 1 N–H and O–H groups in total. The van der Waals surface area contributed by atoms with Gasteiger partial charge in [-0.3, -0.25) is 4.90 Å². The first-order valence-corrected chi connectivity index (χ1v) is 8.14. The zero-order chi connectivity index (χ0) is 15.4. The SMILES string of the molecule is C[C@H]1COC[C@H]2CN(C(=O)NCCc3ccccc3)CCN21. The first kappa shape index (κ1) is 15.3. The molecule has 0 spiro atoms. The van der Waals surface area contributed by atoms with Gasteiger partial charge in [-0.2, -0.15) is 0 Å². The van der Waals surface area contributed by atoms with E-state index in [0.29, 0.717) is 18.6 Å². The number of ether oxygens (including phenoxy) is 1. The minimum atomic E-state index is 0.0498. The fraction of sp³-hybridized carbons (Fsp3) is 0.588. The molecule has 2 fully saturated rings. The number of amides is 2. The van der Waals surface area contributed by atoms with Gasteiger partial charge in [0.25, 0.3) is 0 Å². The molecule has 22 heavy (non-hydrogen) atoms. The van der Waals surface area contributed by atoms with Crippen LogP contribution in [-0.2, 0) is 11.2 Å². The van der Waals surface area contributed by atoms with Crippen LogP contribution in [0, 0.1) is 0 Å². The zero-order valence-corrected chi connectivity index (χ0v) is 13.2. The molecule has 5 heteroatoms. The molecule has 2 aliphatic rings. The second-order valence-electron chi connectivity index (χ2n) is 6.19. The van der Waals surface area contributed by atoms with Crippen molar-refractivity contribution in [1.82, 2.24) is 15.1 Å². The second kappa shape index (κ2) is 7.11. The van der Waals surface area contributed by atoms with Crippen LogP contribution in [0.4, 0.5) is 4.79 Å². The Balaban J connectivity index is 1.45. The monoisotopic (exact) mass is 303 g/mol. The Morgan fingerprint density at radius 2 is 2.09 bits per heavy atom. The van der Waals surface area contributed by atoms with Crippen molar-refractivity contribution in [2.45, 2.75) is 25.4 Å². The lowest BCUT2D eigenvalue weighted by Crippen LogP contribution is -2.63. The van der Waals surface area contributed by atoms with E-state index in [1.807, 2.05) is 23.1 Å². The Morgan fingerprint density at radius 1 is 1.27 bits per heavy atom. The molecule has 0 saturated carbocycles. The average Bonchev–Trinajstić information content (AvgIpc) is 2.55. The number of fused-ring (bicyclic) bond motifs is 1. The first-order chi connectivity index (χ1) is 10.7. The first-order valence-electron chi connectivity index (χ1n) is 8.14. The molecule has 2 heterocycles. The van der Waals surface area contributed by atoms with Crippen molar-refractivity contribution in [2.75, 3.05) is 39.4 Å². The van der Waals surface area contributed by atoms with Gasteiger partial charge < -0.3 is 15.0 Å². The van der Waals surface area contributed by atoms with Crippen molar-refractivity contribution in [3.8, 4) is 0 Å². The molecular weight excluding hydrogens is 278 g/mol. The molecule has 3 rings (SSSR count). The maximum absolute atomic E-state index is 12.3. The van der Waals surface area contributed by atoms with Crippen LogP contribution in [0.3, 0.4) is 0 Å². The lowest BCUT2D eigenvalue weighted by atomic mass is 10.1. The fourth-order valence-corrected chi connectivity index (χ4v) is 3.32. The van der Waals surface area contributed by atoms with Gasteiger partial charge in [-0.1, -0.05) is 30.3 Å². The van der Waals surface area contributed by atoms with Gasteiger partial charge in [-0.25, -0.2) is 4.79 Å². The Morgan fingerprint density at radius 3 is 2.91 bits per heavy atom. The number of piperazine rings is 1. The van der Waals surface area contributed by atoms with E-state index in [0.717, 1.165) is 39.3 Å². The van der Waals surface area contributed by atoms with Crippen molar-refractivity contribution in [3.05, 3.63) is 35.9 Å². The minimum absolute atomic E-state index is 0.0498. The molecule has 5 nitrogen and oxygen atoms in total. The summed E-state index contributed by atoms with van der Waals surface area (Å²) in [5, 5.41) is 3.04. The molecule has 0 bridgehead atoms. The Kier molecular flexibility index (Phi) is 4.95. The van der Waals surface area contributed by atoms with Crippen LogP contribution < -0.4 is 5.32 Å². The van der Waals surface area contributed by atoms with E-state index in [4.69, 9.17) is 4.74 Å². The third-order valence-corrected chi connectivity index (χ3v) is 4.58. The van der Waals surface area contributed by atoms with E-state index < -0.39 is 0 Å². The number of hydrogen-bond acceptors (Lipinski definition) is 3. The number of urea groups is 1. The van der Waals surface area contributed by atoms with E-state index in [2.05, 4.69) is 29.3 Å². The summed E-state index contributed by atoms with van der Waals surface area (Å²) in [6, 6.07) is 11.1. The number of carbonyl (C=O) groups excluding carboxylic acids is 1. The van der Waals surface area contributed by atoms with Crippen molar-refractivity contribution >= 4 is 6.03 Å². The molecule has 2 aliphatic heterocycles. The smallest absolute Gasteiger partial charge is 0.317 e. The van der Waals surface area contributed by atoms with E-state index in [9.17, 15) is 4.79 Å². The highest BCUT2D eigenvalue weighted by atomic mass is 16.5. The number of benzene rings is 1. The van der Waals surface area contributed by atoms with E-state index in [1.54, 1.807) is 0 Å². The molecule has 1 aromatic rings. The van der Waals surface area contributed by atoms with Crippen molar-refractivity contribution < 1.29 is 9.53 Å². The highest BCUT2D eigenvalue weighted by molar-refractivity contribution is 5.74. The summed E-state index contributed by atoms with van der Waals surface area (Å²) in [7, 11) is 0. The third-order valence-electron chi connectivity index (χ3n) is 4.58. The van der Waals surface area contributed by atoms with Gasteiger partial charge in [0.2, 0.25) is 0 Å². The summed E-state index contributed by atoms with van der Waals surface area (Å²) >= 11 is 0. The van der Waals surface area contributed by atoms with Gasteiger partial charge in [0, 0.05) is 32.2 Å². The number of carbonyl (C=O) groups is 1. The van der Waals surface area contributed by atoms with Gasteiger partial charge in [-0.15, -0.1) is 0 Å². The summed E-state index contributed by atoms with van der Waals surface area (Å²) in [5.74, 6) is 0. The lowest BCUT2D eigenvalue weighted by Gasteiger charge is -2.46. The highest BCUT2D eigenvalue weighted by Gasteiger charge is 2.34. The number of morpholine rings is 1. The van der Waals surface area contributed by atoms with Crippen molar-refractivity contribution in [1.29, 1.82) is 0 Å². The van der Waals surface area contributed by atoms with E-state index in [1.165, 1.54) is 5.56 Å². The van der Waals surface area contributed by atoms with Gasteiger partial charge >= 0.3 is 6.03 Å². The van der Waals surface area contributed by atoms with Crippen LogP contribution in [0.25, 0.3) is 0 Å². The second-order valence-corrected chi connectivity index (χ2v) is 6.19. The number of hydrogen-bond donors (Lipinski definition) is 1. The Labute approximate surface area is 132 Å². The molecule has 0 aromatic heterocycles. The van der Waals surface area contributed by atoms with Crippen molar-refractivity contribution in [3.63, 3.8) is 0 Å². The minimum Gasteiger partial charge on any atom is -0.378 e. The van der Waals surface area contributed by atoms with Crippen LogP contribution in [-0.4, -0.2) is 67.3 Å². The molecule has 2 amide bonds. The van der Waals surface area contributed by atoms with Gasteiger partial charge in [0.15, 0.2) is 0 Å². The van der Waals surface area contributed by atoms with E-state index in [-0.39, 0.29) is 6.03 Å². The summed E-state index contributed by atoms with van der Waals surface area (Å²) in [4.78, 5) is 16.7. The standard InChI is InChI=1S/C17H25N3O2/c1-14-12-22-13-16-11-19(9-10-20(14)16)17(21)18-8-7-15-5-3-2-4-6-15/h2-6,14,16H,7-13H2,1H3,(H,18,21)/t14-,16+/m0/s1. The fourth-order valence-electron chi connectivity index (χ4n) is 3.32. The molecule has 0 radical (unpaired) electrons. The summed E-state index contributed by atoms with van der Waals surface area (Å²) in [6.07, 6.45) is 0.871. The summed E-state index contributed by atoms with van der Waals surface area (Å²) < 4.78 is 5.62. The third kappa shape index (κ3) is 3.59. The van der Waals surface area contributed by atoms with E-state index >= 15 is 0 Å². The molecule has 1 aromatic carbocycles. The van der Waals surface area contributed by atoms with Crippen LogP contribution in [0.15, 0.2) is 30.3 Å². The quantitative estimate of drug-likeness (QED) is 0.916. The Bertz CT molecular complexity index is 494. The number of nitrogens with one attached hydrogen (secondary N) is 1. The lowest BCUT2D eigenvalue weighted by molar-refractivity contribution is -0.0682. The number of nitrogens with zero attached hydrogens (tertiary/aromatic N) is 2. The molecular formula is C17H25N3O2. The zero-order valence-electron chi connectivity index (χ0n) is 13.2. The number of rotatable bonds is 3. The Hall–Kier alpha value is -1.59. The van der Waals surface area contributed by atoms with Crippen LogP contribution in [0.5, 0.6) is 0 Å². The van der Waals surface area contributed by atoms with Gasteiger partial charge in [0.1, 0.15) is 0 Å². The maximum Gasteiger partial charge on any atom is 0.317 e. The van der Waals surface area contributed by atoms with Gasteiger partial charge in [-0.05, 0) is 18.9 Å². The summed E-state index contributed by atoms with van der Waals surface area (Å²) in [6.45, 7) is 6.93. The highest BCUT2D eigenvalue weighted by Crippen LogP contribution is 2.18. The van der Waals surface area contributed by atoms with Crippen molar-refractivity contribution in [2.24, 2.45) is 0 Å². The predicted octanol–water partition coefficient (Wildman–Crippen LogP) is 1.34. The maximum atomic E-state index is 12.3. The van der Waals surface area contributed by atoms with Crippen LogP contribution in [0.2, 0.25) is 0 Å². The van der Waals surface area contributed by atoms with Gasteiger partial charge in [0.05, 0.1) is 19.3 Å².